The van der Waals surface area contributed by atoms with Crippen molar-refractivity contribution in [1.82, 2.24) is 19.9 Å². The molecule has 1 amide bonds. The van der Waals surface area contributed by atoms with Crippen LogP contribution in [0.15, 0.2) is 17.8 Å². The number of aromatic nitrogens is 3. The molecule has 0 unspecified atom stereocenters. The number of amides is 1. The van der Waals surface area contributed by atoms with E-state index in [0.29, 0.717) is 5.01 Å². The lowest BCUT2D eigenvalue weighted by atomic mass is 9.97. The number of thiazole rings is 1. The Morgan fingerprint density at radius 2 is 2.20 bits per heavy atom. The molecule has 2 N–H and O–H groups in total. The second-order valence-corrected chi connectivity index (χ2v) is 6.23. The van der Waals surface area contributed by atoms with Gasteiger partial charge in [0.1, 0.15) is 16.5 Å². The molecule has 7 nitrogen and oxygen atoms in total. The maximum absolute atomic E-state index is 13.3. The fourth-order valence-corrected chi connectivity index (χ4v) is 2.94. The summed E-state index contributed by atoms with van der Waals surface area (Å²) in [7, 11) is 2.83. The van der Waals surface area contributed by atoms with E-state index in [2.05, 4.69) is 15.3 Å². The van der Waals surface area contributed by atoms with Crippen molar-refractivity contribution in [3.63, 3.8) is 0 Å². The zero-order valence-electron chi connectivity index (χ0n) is 13.5. The predicted molar refractivity (Wildman–Crippen MR) is 82.9 cm³/mol. The summed E-state index contributed by atoms with van der Waals surface area (Å²) in [4.78, 5) is 19.6. The molecule has 0 aromatic carbocycles. The third-order valence-electron chi connectivity index (χ3n) is 3.48. The van der Waals surface area contributed by atoms with Crippen LogP contribution in [0.4, 0.5) is 13.2 Å². The summed E-state index contributed by atoms with van der Waals surface area (Å²) in [6.07, 6.45) is -3.25. The average molecular weight is 378 g/mol. The number of imidazole rings is 1. The Morgan fingerprint density at radius 1 is 1.48 bits per heavy atom. The van der Waals surface area contributed by atoms with Gasteiger partial charge in [-0.15, -0.1) is 11.3 Å². The molecular formula is C14H17F3N4O3S. The van der Waals surface area contributed by atoms with Gasteiger partial charge in [0.2, 0.25) is 5.60 Å². The van der Waals surface area contributed by atoms with E-state index >= 15 is 0 Å². The molecular weight excluding hydrogens is 361 g/mol. The Kier molecular flexibility index (Phi) is 5.80. The van der Waals surface area contributed by atoms with Crippen molar-refractivity contribution < 1.29 is 27.8 Å². The normalized spacial score (nSPS) is 14.3. The van der Waals surface area contributed by atoms with E-state index in [1.165, 1.54) is 37.1 Å². The van der Waals surface area contributed by atoms with Crippen molar-refractivity contribution in [3.8, 4) is 0 Å². The molecule has 2 aromatic heterocycles. The first-order valence-corrected chi connectivity index (χ1v) is 8.05. The highest BCUT2D eigenvalue weighted by atomic mass is 32.1. The molecule has 0 aliphatic heterocycles. The number of halogens is 3. The lowest BCUT2D eigenvalue weighted by Crippen LogP contribution is -2.46. The number of nitrogens with one attached hydrogen (secondary N) is 1. The van der Waals surface area contributed by atoms with Crippen LogP contribution in [0.5, 0.6) is 0 Å². The number of alkyl halides is 3. The third kappa shape index (κ3) is 4.17. The standard InChI is InChI=1S/C14H17F3N4O3S/c1-21-6-5-19-12(21)13(23,14(15,16)17)3-4-18-11(22)9-8-25-10(20-9)7-24-2/h5-6,8,23H,3-4,7H2,1-2H3,(H,18,22)/t13-/m1/s1. The summed E-state index contributed by atoms with van der Waals surface area (Å²) >= 11 is 1.21. The molecule has 2 rings (SSSR count). The Bertz CT molecular complexity index is 731. The van der Waals surface area contributed by atoms with Gasteiger partial charge in [-0.05, 0) is 0 Å². The second-order valence-electron chi connectivity index (χ2n) is 5.29. The van der Waals surface area contributed by atoms with Gasteiger partial charge in [0.05, 0.1) is 6.61 Å². The van der Waals surface area contributed by atoms with Crippen LogP contribution in [0, 0.1) is 0 Å². The Hall–Kier alpha value is -1.98. The summed E-state index contributed by atoms with van der Waals surface area (Å²) in [5.41, 5.74) is -3.08. The number of nitrogens with zero attached hydrogens (tertiary/aromatic N) is 3. The molecule has 0 fully saturated rings. The molecule has 2 heterocycles. The molecule has 0 radical (unpaired) electrons. The second kappa shape index (κ2) is 7.50. The van der Waals surface area contributed by atoms with Crippen LogP contribution in [0.3, 0.4) is 0 Å². The lowest BCUT2D eigenvalue weighted by Gasteiger charge is -2.29. The van der Waals surface area contributed by atoms with Gasteiger partial charge in [0.25, 0.3) is 5.91 Å². The molecule has 0 aliphatic rings. The summed E-state index contributed by atoms with van der Waals surface area (Å²) in [6, 6.07) is 0. The minimum Gasteiger partial charge on any atom is -0.378 e. The summed E-state index contributed by atoms with van der Waals surface area (Å²) in [5, 5.41) is 14.5. The number of hydrogen-bond acceptors (Lipinski definition) is 6. The van der Waals surface area contributed by atoms with E-state index in [-0.39, 0.29) is 12.3 Å². The van der Waals surface area contributed by atoms with Gasteiger partial charge in [0, 0.05) is 44.9 Å². The van der Waals surface area contributed by atoms with Crippen LogP contribution in [-0.4, -0.2) is 45.4 Å². The first-order valence-electron chi connectivity index (χ1n) is 7.17. The highest BCUT2D eigenvalue weighted by Gasteiger charge is 2.57. The van der Waals surface area contributed by atoms with Gasteiger partial charge >= 0.3 is 6.18 Å². The van der Waals surface area contributed by atoms with Crippen LogP contribution in [0.2, 0.25) is 0 Å². The van der Waals surface area contributed by atoms with Crippen molar-refractivity contribution in [1.29, 1.82) is 0 Å². The highest BCUT2D eigenvalue weighted by molar-refractivity contribution is 7.09. The maximum atomic E-state index is 13.3. The Labute approximate surface area is 145 Å². The van der Waals surface area contributed by atoms with Crippen molar-refractivity contribution in [2.45, 2.75) is 24.8 Å². The minimum atomic E-state index is -4.94. The molecule has 25 heavy (non-hydrogen) atoms. The number of carbonyl (C=O) groups excluding carboxylic acids is 1. The van der Waals surface area contributed by atoms with Crippen molar-refractivity contribution in [2.24, 2.45) is 7.05 Å². The smallest absolute Gasteiger partial charge is 0.378 e. The predicted octanol–water partition coefficient (Wildman–Crippen LogP) is 1.59. The van der Waals surface area contributed by atoms with Crippen LogP contribution < -0.4 is 5.32 Å². The average Bonchev–Trinajstić information content (AvgIpc) is 3.15. The summed E-state index contributed by atoms with van der Waals surface area (Å²) < 4.78 is 46.0. The van der Waals surface area contributed by atoms with Gasteiger partial charge < -0.3 is 19.7 Å². The molecule has 0 saturated carbocycles. The number of carbonyl (C=O) groups is 1. The largest absolute Gasteiger partial charge is 0.424 e. The quantitative estimate of drug-likeness (QED) is 0.764. The highest BCUT2D eigenvalue weighted by Crippen LogP contribution is 2.40. The van der Waals surface area contributed by atoms with Crippen molar-refractivity contribution >= 4 is 17.2 Å². The maximum Gasteiger partial charge on any atom is 0.424 e. The van der Waals surface area contributed by atoms with Gasteiger partial charge in [-0.25, -0.2) is 9.97 Å². The van der Waals surface area contributed by atoms with Gasteiger partial charge in [-0.1, -0.05) is 0 Å². The molecule has 0 saturated heterocycles. The van der Waals surface area contributed by atoms with E-state index < -0.39 is 36.5 Å². The molecule has 0 spiro atoms. The van der Waals surface area contributed by atoms with E-state index in [4.69, 9.17) is 4.74 Å². The number of hydrogen-bond donors (Lipinski definition) is 2. The molecule has 0 aliphatic carbocycles. The number of aryl methyl sites for hydroxylation is 1. The first-order chi connectivity index (χ1) is 11.7. The summed E-state index contributed by atoms with van der Waals surface area (Å²) in [5.74, 6) is -1.16. The van der Waals surface area contributed by atoms with Gasteiger partial charge in [0.15, 0.2) is 0 Å². The van der Waals surface area contributed by atoms with E-state index in [9.17, 15) is 23.1 Å². The topological polar surface area (TPSA) is 89.3 Å². The van der Waals surface area contributed by atoms with E-state index in [1.807, 2.05) is 0 Å². The third-order valence-corrected chi connectivity index (χ3v) is 4.31. The van der Waals surface area contributed by atoms with Crippen molar-refractivity contribution in [3.05, 3.63) is 34.3 Å². The number of methoxy groups -OCH3 is 1. The van der Waals surface area contributed by atoms with Crippen LogP contribution in [-0.2, 0) is 24.0 Å². The number of rotatable bonds is 7. The molecule has 1 atom stereocenters. The molecule has 0 bridgehead atoms. The summed E-state index contributed by atoms with van der Waals surface area (Å²) in [6.45, 7) is -0.163. The SMILES string of the molecule is COCc1nc(C(=O)NCC[C@@](O)(c2nccn2C)C(F)(F)F)cs1. The molecule has 138 valence electrons. The van der Waals surface area contributed by atoms with Gasteiger partial charge in [-0.3, -0.25) is 4.79 Å². The molecule has 2 aromatic rings. The van der Waals surface area contributed by atoms with Crippen LogP contribution in [0.25, 0.3) is 0 Å². The van der Waals surface area contributed by atoms with Crippen molar-refractivity contribution in [2.75, 3.05) is 13.7 Å². The van der Waals surface area contributed by atoms with E-state index in [0.717, 1.165) is 10.8 Å². The van der Waals surface area contributed by atoms with Gasteiger partial charge in [-0.2, -0.15) is 13.2 Å². The fraction of sp³-hybridized carbons (Fsp3) is 0.500. The molecule has 11 heteroatoms. The number of aliphatic hydroxyl groups is 1. The zero-order chi connectivity index (χ0) is 18.7. The zero-order valence-corrected chi connectivity index (χ0v) is 14.3. The van der Waals surface area contributed by atoms with Crippen LogP contribution in [0.1, 0.15) is 27.7 Å². The van der Waals surface area contributed by atoms with Crippen LogP contribution >= 0.6 is 11.3 Å². The fourth-order valence-electron chi connectivity index (χ4n) is 2.20. The number of ether oxygens (including phenoxy) is 1. The van der Waals surface area contributed by atoms with E-state index in [1.54, 1.807) is 0 Å². The lowest BCUT2D eigenvalue weighted by molar-refractivity contribution is -0.272. The Morgan fingerprint density at radius 3 is 2.76 bits per heavy atom. The Balaban J connectivity index is 2.04. The first kappa shape index (κ1) is 19.3. The minimum absolute atomic E-state index is 0.0876. The monoisotopic (exact) mass is 378 g/mol.